The van der Waals surface area contributed by atoms with Gasteiger partial charge in [-0.05, 0) is 40.6 Å². The average Bonchev–Trinajstić information content (AvgIpc) is 2.64. The van der Waals surface area contributed by atoms with Crippen molar-refractivity contribution in [2.24, 2.45) is 0 Å². The number of rotatable bonds is 0. The standard InChI is InChI=1S/C10H6S2/c1-3-11-9-6-8-2-4-12-10(8)5-7(1)9/h1-3,5-6,12H. The first kappa shape index (κ1) is 6.67. The van der Waals surface area contributed by atoms with E-state index in [1.165, 1.54) is 31.9 Å². The summed E-state index contributed by atoms with van der Waals surface area (Å²) in [7, 11) is 0. The molecule has 0 bridgehead atoms. The van der Waals surface area contributed by atoms with Gasteiger partial charge in [0.1, 0.15) is 0 Å². The fourth-order valence-electron chi connectivity index (χ4n) is 1.40. The van der Waals surface area contributed by atoms with Crippen molar-refractivity contribution < 1.29 is 0 Å². The topological polar surface area (TPSA) is 0 Å². The first-order valence-electron chi connectivity index (χ1n) is 3.74. The molecule has 0 spiro atoms. The van der Waals surface area contributed by atoms with Gasteiger partial charge >= 0.3 is 0 Å². The monoisotopic (exact) mass is 190 g/mol. The van der Waals surface area contributed by atoms with Gasteiger partial charge in [-0.15, -0.1) is 22.7 Å². The van der Waals surface area contributed by atoms with Crippen LogP contribution in [0.15, 0.2) is 28.5 Å². The van der Waals surface area contributed by atoms with Gasteiger partial charge in [0.25, 0.3) is 0 Å². The van der Waals surface area contributed by atoms with E-state index in [1.54, 1.807) is 11.3 Å². The number of thiol groups is 1. The van der Waals surface area contributed by atoms with Crippen LogP contribution in [0.3, 0.4) is 0 Å². The summed E-state index contributed by atoms with van der Waals surface area (Å²) in [6.07, 6.45) is 2.08. The highest BCUT2D eigenvalue weighted by Gasteiger charge is 2.03. The fourth-order valence-corrected chi connectivity index (χ4v) is 3.02. The van der Waals surface area contributed by atoms with Crippen molar-refractivity contribution >= 4 is 43.9 Å². The summed E-state index contributed by atoms with van der Waals surface area (Å²) in [4.78, 5) is 1.39. The SMILES string of the molecule is C1=Cc2cc3sccc3cc2[SH]=1. The lowest BCUT2D eigenvalue weighted by Crippen LogP contribution is -1.72. The van der Waals surface area contributed by atoms with E-state index >= 15 is 0 Å². The normalized spacial score (nSPS) is 13.3. The molecule has 2 heterocycles. The molecule has 1 aromatic heterocycles. The Kier molecular flexibility index (Phi) is 1.30. The first-order valence-corrected chi connectivity index (χ1v) is 5.52. The minimum Gasteiger partial charge on any atom is -0.144 e. The van der Waals surface area contributed by atoms with Gasteiger partial charge in [0, 0.05) is 9.60 Å². The Morgan fingerprint density at radius 2 is 2.33 bits per heavy atom. The predicted octanol–water partition coefficient (Wildman–Crippen LogP) is 3.15. The Hall–Kier alpha value is -0.820. The van der Waals surface area contributed by atoms with Crippen molar-refractivity contribution in [2.75, 3.05) is 0 Å². The van der Waals surface area contributed by atoms with Crippen LogP contribution in [0.5, 0.6) is 0 Å². The molecule has 0 aliphatic carbocycles. The van der Waals surface area contributed by atoms with Crippen molar-refractivity contribution in [3.8, 4) is 0 Å². The van der Waals surface area contributed by atoms with E-state index in [9.17, 15) is 0 Å². The fraction of sp³-hybridized carbons (Fsp3) is 0. The quantitative estimate of drug-likeness (QED) is 0.408. The molecule has 1 aromatic carbocycles. The van der Waals surface area contributed by atoms with E-state index in [0.29, 0.717) is 0 Å². The molecule has 2 aromatic rings. The summed E-state index contributed by atoms with van der Waals surface area (Å²) in [6.45, 7) is 0. The summed E-state index contributed by atoms with van der Waals surface area (Å²) in [5, 5.41) is 6.71. The van der Waals surface area contributed by atoms with Gasteiger partial charge in [0.05, 0.1) is 0 Å². The zero-order valence-corrected chi connectivity index (χ0v) is 7.95. The number of hydrogen-bond acceptors (Lipinski definition) is 1. The van der Waals surface area contributed by atoms with Crippen LogP contribution >= 0.6 is 22.7 Å². The maximum absolute atomic E-state index is 3.20. The third-order valence-electron chi connectivity index (χ3n) is 2.01. The molecule has 0 amide bonds. The molecule has 3 rings (SSSR count). The molecule has 0 N–H and O–H groups in total. The Morgan fingerprint density at radius 1 is 1.33 bits per heavy atom. The lowest BCUT2D eigenvalue weighted by Gasteiger charge is -1.96. The summed E-state index contributed by atoms with van der Waals surface area (Å²) in [5.74, 6) is 0. The van der Waals surface area contributed by atoms with Crippen molar-refractivity contribution in [3.63, 3.8) is 0 Å². The molecule has 0 saturated heterocycles. The van der Waals surface area contributed by atoms with Crippen molar-refractivity contribution in [3.05, 3.63) is 29.1 Å². The molecule has 0 atom stereocenters. The second kappa shape index (κ2) is 2.33. The van der Waals surface area contributed by atoms with Gasteiger partial charge < -0.3 is 0 Å². The summed E-state index contributed by atoms with van der Waals surface area (Å²) >= 11 is 3.02. The smallest absolute Gasteiger partial charge is 0.0349 e. The first-order chi connectivity index (χ1) is 5.93. The lowest BCUT2D eigenvalue weighted by molar-refractivity contribution is 1.50. The molecule has 0 unspecified atom stereocenters. The molecule has 58 valence electrons. The molecule has 12 heavy (non-hydrogen) atoms. The average molecular weight is 190 g/mol. The Labute approximate surface area is 78.1 Å². The van der Waals surface area contributed by atoms with Crippen LogP contribution in [0.2, 0.25) is 0 Å². The predicted molar refractivity (Wildman–Crippen MR) is 58.5 cm³/mol. The van der Waals surface area contributed by atoms with E-state index < -0.39 is 0 Å². The van der Waals surface area contributed by atoms with Crippen molar-refractivity contribution in [1.29, 1.82) is 0 Å². The number of benzene rings is 1. The minimum absolute atomic E-state index is 1.22. The number of thiophene rings is 1. The van der Waals surface area contributed by atoms with E-state index in [0.717, 1.165) is 0 Å². The van der Waals surface area contributed by atoms with Crippen LogP contribution in [0.25, 0.3) is 16.2 Å². The highest BCUT2D eigenvalue weighted by molar-refractivity contribution is 7.97. The molecular formula is C10H6S2. The molecule has 2 heteroatoms. The van der Waals surface area contributed by atoms with Gasteiger partial charge in [-0.25, -0.2) is 0 Å². The van der Waals surface area contributed by atoms with Crippen LogP contribution in [-0.2, 0) is 0 Å². The van der Waals surface area contributed by atoms with Crippen LogP contribution in [0, 0.1) is 0 Å². The molecular weight excluding hydrogens is 184 g/mol. The lowest BCUT2D eigenvalue weighted by atomic mass is 10.2. The largest absolute Gasteiger partial charge is 0.144 e. The molecule has 0 fully saturated rings. The van der Waals surface area contributed by atoms with Crippen LogP contribution in [0.1, 0.15) is 5.56 Å². The summed E-state index contributed by atoms with van der Waals surface area (Å²) < 4.78 is 1.38. The Balaban J connectivity index is 2.48. The maximum Gasteiger partial charge on any atom is 0.0349 e. The Bertz CT molecular complexity index is 472. The Morgan fingerprint density at radius 3 is 3.33 bits per heavy atom. The van der Waals surface area contributed by atoms with E-state index in [4.69, 9.17) is 0 Å². The minimum atomic E-state index is 1.22. The second-order valence-electron chi connectivity index (χ2n) is 2.75. The number of fused-ring (bicyclic) bond motifs is 2. The molecule has 1 aliphatic rings. The molecule has 1 aliphatic heterocycles. The van der Waals surface area contributed by atoms with Gasteiger partial charge in [-0.2, -0.15) is 0 Å². The zero-order valence-electron chi connectivity index (χ0n) is 6.24. The highest BCUT2D eigenvalue weighted by Crippen LogP contribution is 2.30. The second-order valence-corrected chi connectivity index (χ2v) is 4.67. The van der Waals surface area contributed by atoms with E-state index in [2.05, 4.69) is 34.7 Å². The van der Waals surface area contributed by atoms with E-state index in [1.807, 2.05) is 0 Å². The third kappa shape index (κ3) is 0.831. The van der Waals surface area contributed by atoms with Gasteiger partial charge in [0.15, 0.2) is 0 Å². The van der Waals surface area contributed by atoms with Gasteiger partial charge in [-0.1, -0.05) is 5.02 Å². The zero-order chi connectivity index (χ0) is 7.97. The maximum atomic E-state index is 3.20. The highest BCUT2D eigenvalue weighted by atomic mass is 32.1. The third-order valence-corrected chi connectivity index (χ3v) is 3.77. The molecule has 0 nitrogen and oxygen atoms in total. The molecule has 0 radical (unpaired) electrons. The van der Waals surface area contributed by atoms with Crippen LogP contribution in [-0.4, -0.2) is 5.02 Å². The summed E-state index contributed by atoms with van der Waals surface area (Å²) in [6, 6.07) is 6.69. The van der Waals surface area contributed by atoms with Crippen LogP contribution in [0.4, 0.5) is 0 Å². The molecule has 0 saturated carbocycles. The van der Waals surface area contributed by atoms with Crippen molar-refractivity contribution in [1.82, 2.24) is 0 Å². The van der Waals surface area contributed by atoms with Gasteiger partial charge in [-0.3, -0.25) is 0 Å². The van der Waals surface area contributed by atoms with Crippen molar-refractivity contribution in [2.45, 2.75) is 4.90 Å². The number of hydrogen-bond donors (Lipinski definition) is 1. The van der Waals surface area contributed by atoms with Crippen LogP contribution < -0.4 is 0 Å². The van der Waals surface area contributed by atoms with E-state index in [-0.39, 0.29) is 0 Å². The van der Waals surface area contributed by atoms with Gasteiger partial charge in [0.2, 0.25) is 0 Å². The summed E-state index contributed by atoms with van der Waals surface area (Å²) in [5.41, 5.74) is 1.34.